The molecule has 0 aliphatic carbocycles. The molecule has 4 nitrogen and oxygen atoms in total. The highest BCUT2D eigenvalue weighted by Crippen LogP contribution is 2.31. The maximum absolute atomic E-state index is 6.08. The van der Waals surface area contributed by atoms with Gasteiger partial charge in [0, 0.05) is 7.05 Å². The van der Waals surface area contributed by atoms with Gasteiger partial charge >= 0.3 is 0 Å². The van der Waals surface area contributed by atoms with E-state index in [9.17, 15) is 0 Å². The van der Waals surface area contributed by atoms with Crippen LogP contribution in [0.3, 0.4) is 0 Å². The van der Waals surface area contributed by atoms with Crippen LogP contribution in [-0.4, -0.2) is 26.5 Å². The van der Waals surface area contributed by atoms with Crippen molar-refractivity contribution in [2.45, 2.75) is 12.5 Å². The normalized spacial score (nSPS) is 24.9. The van der Waals surface area contributed by atoms with E-state index in [0.717, 1.165) is 11.4 Å². The molecule has 0 radical (unpaired) electrons. The van der Waals surface area contributed by atoms with E-state index in [4.69, 9.17) is 5.73 Å². The second-order valence-corrected chi connectivity index (χ2v) is 4.56. The predicted octanol–water partition coefficient (Wildman–Crippen LogP) is 0.568. The number of rotatable bonds is 2. The predicted molar refractivity (Wildman–Crippen MR) is 53.4 cm³/mol. The Hall–Kier alpha value is -0.550. The molecular weight excluding hydrogens is 184 g/mol. The SMILES string of the molecule is Cn1ncc(C(N)C2CCSC2)n1. The molecule has 72 valence electrons. The topological polar surface area (TPSA) is 56.7 Å². The fourth-order valence-corrected chi connectivity index (χ4v) is 2.90. The molecule has 1 aromatic rings. The Morgan fingerprint density at radius 3 is 3.15 bits per heavy atom. The van der Waals surface area contributed by atoms with Crippen LogP contribution < -0.4 is 5.73 Å². The molecule has 0 saturated carbocycles. The number of thioether (sulfide) groups is 1. The highest BCUT2D eigenvalue weighted by atomic mass is 32.2. The van der Waals surface area contributed by atoms with Crippen molar-refractivity contribution in [3.63, 3.8) is 0 Å². The van der Waals surface area contributed by atoms with Crippen molar-refractivity contribution in [2.75, 3.05) is 11.5 Å². The summed E-state index contributed by atoms with van der Waals surface area (Å²) in [5, 5.41) is 8.25. The van der Waals surface area contributed by atoms with Gasteiger partial charge in [-0.05, 0) is 23.8 Å². The molecule has 1 fully saturated rings. The Morgan fingerprint density at radius 1 is 1.77 bits per heavy atom. The van der Waals surface area contributed by atoms with Crippen molar-refractivity contribution in [3.8, 4) is 0 Å². The second kappa shape index (κ2) is 3.67. The maximum atomic E-state index is 6.08. The Bertz CT molecular complexity index is 279. The van der Waals surface area contributed by atoms with E-state index in [0.29, 0.717) is 5.92 Å². The first-order valence-corrected chi connectivity index (χ1v) is 5.62. The molecule has 5 heteroatoms. The lowest BCUT2D eigenvalue weighted by Gasteiger charge is -2.14. The molecule has 1 aliphatic heterocycles. The largest absolute Gasteiger partial charge is 0.322 e. The van der Waals surface area contributed by atoms with Gasteiger partial charge in [0.05, 0.1) is 17.9 Å². The molecule has 1 aliphatic rings. The summed E-state index contributed by atoms with van der Waals surface area (Å²) in [5.41, 5.74) is 7.01. The lowest BCUT2D eigenvalue weighted by molar-refractivity contribution is 0.467. The second-order valence-electron chi connectivity index (χ2n) is 3.41. The molecule has 1 saturated heterocycles. The summed E-state index contributed by atoms with van der Waals surface area (Å²) >= 11 is 1.98. The molecule has 0 bridgehead atoms. The third-order valence-corrected chi connectivity index (χ3v) is 3.62. The van der Waals surface area contributed by atoms with Gasteiger partial charge in [0.15, 0.2) is 0 Å². The van der Waals surface area contributed by atoms with Gasteiger partial charge in [0.1, 0.15) is 0 Å². The van der Waals surface area contributed by atoms with E-state index < -0.39 is 0 Å². The van der Waals surface area contributed by atoms with Gasteiger partial charge in [-0.25, -0.2) is 0 Å². The van der Waals surface area contributed by atoms with Crippen molar-refractivity contribution in [1.29, 1.82) is 0 Å². The summed E-state index contributed by atoms with van der Waals surface area (Å²) in [5.74, 6) is 2.98. The standard InChI is InChI=1S/C8H14N4S/c1-12-10-4-7(11-12)8(9)6-2-3-13-5-6/h4,6,8H,2-3,5,9H2,1H3. The number of nitrogens with two attached hydrogens (primary N) is 1. The Balaban J connectivity index is 2.07. The first kappa shape index (κ1) is 9.02. The van der Waals surface area contributed by atoms with E-state index >= 15 is 0 Å². The summed E-state index contributed by atoms with van der Waals surface area (Å²) in [6, 6.07) is 0.0729. The molecule has 2 heterocycles. The minimum absolute atomic E-state index is 0.0729. The first-order valence-electron chi connectivity index (χ1n) is 4.47. The van der Waals surface area contributed by atoms with Gasteiger partial charge in [-0.2, -0.15) is 26.8 Å². The number of hydrogen-bond donors (Lipinski definition) is 1. The molecule has 0 spiro atoms. The average Bonchev–Trinajstić information content (AvgIpc) is 2.72. The first-order chi connectivity index (χ1) is 6.27. The summed E-state index contributed by atoms with van der Waals surface area (Å²) in [4.78, 5) is 1.57. The van der Waals surface area contributed by atoms with E-state index in [-0.39, 0.29) is 6.04 Å². The van der Waals surface area contributed by atoms with Crippen molar-refractivity contribution < 1.29 is 0 Å². The number of aryl methyl sites for hydroxylation is 1. The molecule has 0 amide bonds. The van der Waals surface area contributed by atoms with Gasteiger partial charge in [0.25, 0.3) is 0 Å². The molecule has 2 unspecified atom stereocenters. The third-order valence-electron chi connectivity index (χ3n) is 2.43. The fraction of sp³-hybridized carbons (Fsp3) is 0.750. The number of aromatic nitrogens is 3. The van der Waals surface area contributed by atoms with Gasteiger partial charge in [0.2, 0.25) is 0 Å². The Morgan fingerprint density at radius 2 is 2.62 bits per heavy atom. The van der Waals surface area contributed by atoms with Crippen LogP contribution in [0, 0.1) is 5.92 Å². The molecule has 2 rings (SSSR count). The lowest BCUT2D eigenvalue weighted by Crippen LogP contribution is -2.21. The van der Waals surface area contributed by atoms with Gasteiger partial charge in [-0.3, -0.25) is 0 Å². The zero-order valence-electron chi connectivity index (χ0n) is 7.68. The molecule has 2 atom stereocenters. The zero-order valence-corrected chi connectivity index (χ0v) is 8.50. The number of nitrogens with zero attached hydrogens (tertiary/aromatic N) is 3. The highest BCUT2D eigenvalue weighted by molar-refractivity contribution is 7.99. The van der Waals surface area contributed by atoms with Gasteiger partial charge in [-0.15, -0.1) is 0 Å². The Kier molecular flexibility index (Phi) is 2.55. The third kappa shape index (κ3) is 1.86. The summed E-state index contributed by atoms with van der Waals surface area (Å²) in [6.45, 7) is 0. The van der Waals surface area contributed by atoms with E-state index in [1.165, 1.54) is 12.2 Å². The quantitative estimate of drug-likeness (QED) is 0.754. The van der Waals surface area contributed by atoms with Crippen LogP contribution in [0.4, 0.5) is 0 Å². The Labute approximate surface area is 81.9 Å². The van der Waals surface area contributed by atoms with Crippen LogP contribution in [0.1, 0.15) is 18.2 Å². The minimum atomic E-state index is 0.0729. The van der Waals surface area contributed by atoms with Crippen LogP contribution in [0.2, 0.25) is 0 Å². The van der Waals surface area contributed by atoms with E-state index in [2.05, 4.69) is 10.2 Å². The average molecular weight is 198 g/mol. The molecule has 2 N–H and O–H groups in total. The van der Waals surface area contributed by atoms with Crippen molar-refractivity contribution in [1.82, 2.24) is 15.0 Å². The van der Waals surface area contributed by atoms with Crippen molar-refractivity contribution in [2.24, 2.45) is 18.7 Å². The zero-order chi connectivity index (χ0) is 9.26. The van der Waals surface area contributed by atoms with Crippen LogP contribution in [0.5, 0.6) is 0 Å². The number of hydrogen-bond acceptors (Lipinski definition) is 4. The fourth-order valence-electron chi connectivity index (χ4n) is 1.59. The lowest BCUT2D eigenvalue weighted by atomic mass is 9.98. The minimum Gasteiger partial charge on any atom is -0.322 e. The van der Waals surface area contributed by atoms with Gasteiger partial charge < -0.3 is 5.73 Å². The van der Waals surface area contributed by atoms with Crippen LogP contribution in [0.15, 0.2) is 6.20 Å². The molecule has 1 aromatic heterocycles. The van der Waals surface area contributed by atoms with Crippen molar-refractivity contribution in [3.05, 3.63) is 11.9 Å². The highest BCUT2D eigenvalue weighted by Gasteiger charge is 2.25. The maximum Gasteiger partial charge on any atom is 0.0997 e. The summed E-state index contributed by atoms with van der Waals surface area (Å²) < 4.78 is 0. The van der Waals surface area contributed by atoms with Crippen LogP contribution in [0.25, 0.3) is 0 Å². The molecular formula is C8H14N4S. The van der Waals surface area contributed by atoms with Gasteiger partial charge in [-0.1, -0.05) is 0 Å². The monoisotopic (exact) mass is 198 g/mol. The summed E-state index contributed by atoms with van der Waals surface area (Å²) in [7, 11) is 1.82. The smallest absolute Gasteiger partial charge is 0.0997 e. The van der Waals surface area contributed by atoms with Crippen molar-refractivity contribution >= 4 is 11.8 Å². The van der Waals surface area contributed by atoms with E-state index in [1.54, 1.807) is 11.0 Å². The van der Waals surface area contributed by atoms with Crippen LogP contribution in [-0.2, 0) is 7.05 Å². The summed E-state index contributed by atoms with van der Waals surface area (Å²) in [6.07, 6.45) is 2.98. The van der Waals surface area contributed by atoms with Crippen LogP contribution >= 0.6 is 11.8 Å². The molecule has 13 heavy (non-hydrogen) atoms. The van der Waals surface area contributed by atoms with E-state index in [1.807, 2.05) is 18.8 Å². The molecule has 0 aromatic carbocycles.